The van der Waals surface area contributed by atoms with Gasteiger partial charge in [0.05, 0.1) is 6.61 Å². The van der Waals surface area contributed by atoms with Crippen LogP contribution in [0, 0.1) is 6.92 Å². The van der Waals surface area contributed by atoms with Crippen molar-refractivity contribution in [1.29, 1.82) is 0 Å². The van der Waals surface area contributed by atoms with Crippen LogP contribution >= 0.6 is 12.4 Å². The van der Waals surface area contributed by atoms with Crippen LogP contribution in [-0.4, -0.2) is 6.61 Å². The first-order valence-corrected chi connectivity index (χ1v) is 10.9. The molecule has 3 aromatic rings. The number of halogens is 1. The molecule has 0 aliphatic rings. The first kappa shape index (κ1) is 24.8. The Labute approximate surface area is 193 Å². The van der Waals surface area contributed by atoms with E-state index in [1.807, 2.05) is 13.0 Å². The van der Waals surface area contributed by atoms with E-state index in [0.29, 0.717) is 19.3 Å². The minimum atomic E-state index is 0. The third-order valence-corrected chi connectivity index (χ3v) is 5.15. The summed E-state index contributed by atoms with van der Waals surface area (Å²) < 4.78 is 11.9. The van der Waals surface area contributed by atoms with E-state index in [0.717, 1.165) is 36.4 Å². The molecular weight excluding hydrogens is 406 g/mol. The van der Waals surface area contributed by atoms with E-state index in [9.17, 15) is 0 Å². The Hall–Kier alpha value is -2.49. The van der Waals surface area contributed by atoms with Crippen molar-refractivity contribution in [2.75, 3.05) is 6.61 Å². The molecule has 0 radical (unpaired) electrons. The molecule has 0 aliphatic heterocycles. The topological polar surface area (TPSA) is 30.5 Å². The first-order valence-electron chi connectivity index (χ1n) is 10.9. The molecule has 0 saturated carbocycles. The van der Waals surface area contributed by atoms with Crippen molar-refractivity contribution in [2.24, 2.45) is 0 Å². The van der Waals surface area contributed by atoms with Crippen molar-refractivity contribution in [3.05, 3.63) is 95.1 Å². The fourth-order valence-electron chi connectivity index (χ4n) is 3.50. The average Bonchev–Trinajstić information content (AvgIpc) is 2.78. The van der Waals surface area contributed by atoms with E-state index < -0.39 is 0 Å². The second kappa shape index (κ2) is 13.0. The molecule has 0 aromatic heterocycles. The van der Waals surface area contributed by atoms with Crippen LogP contribution in [0.4, 0.5) is 0 Å². The van der Waals surface area contributed by atoms with E-state index in [1.54, 1.807) is 0 Å². The summed E-state index contributed by atoms with van der Waals surface area (Å²) in [6.45, 7) is 8.25. The van der Waals surface area contributed by atoms with Crippen molar-refractivity contribution in [3.63, 3.8) is 0 Å². The number of ether oxygens (including phenoxy) is 2. The zero-order chi connectivity index (χ0) is 21.2. The molecule has 3 aromatic carbocycles. The highest BCUT2D eigenvalue weighted by Crippen LogP contribution is 2.30. The number of aryl methyl sites for hydroxylation is 1. The summed E-state index contributed by atoms with van der Waals surface area (Å²) in [5, 5.41) is 3.71. The predicted molar refractivity (Wildman–Crippen MR) is 131 cm³/mol. The number of nitrogens with one attached hydrogen (secondary N) is 1. The lowest BCUT2D eigenvalue weighted by atomic mass is 10.0. The molecule has 3 nitrogen and oxygen atoms in total. The van der Waals surface area contributed by atoms with Gasteiger partial charge >= 0.3 is 0 Å². The summed E-state index contributed by atoms with van der Waals surface area (Å²) in [7, 11) is 0. The number of benzene rings is 3. The van der Waals surface area contributed by atoms with Crippen molar-refractivity contribution in [2.45, 2.75) is 52.8 Å². The Kier molecular flexibility index (Phi) is 10.4. The van der Waals surface area contributed by atoms with Gasteiger partial charge in [0.1, 0.15) is 6.61 Å². The molecule has 0 fully saturated rings. The third-order valence-electron chi connectivity index (χ3n) is 5.15. The number of hydrogen-bond donors (Lipinski definition) is 1. The summed E-state index contributed by atoms with van der Waals surface area (Å²) in [5.74, 6) is 1.59. The monoisotopic (exact) mass is 439 g/mol. The highest BCUT2D eigenvalue weighted by Gasteiger charge is 2.11. The van der Waals surface area contributed by atoms with Crippen molar-refractivity contribution < 1.29 is 9.47 Å². The highest BCUT2D eigenvalue weighted by atomic mass is 35.5. The zero-order valence-electron chi connectivity index (χ0n) is 18.8. The van der Waals surface area contributed by atoms with Crippen LogP contribution in [0.2, 0.25) is 0 Å². The molecule has 0 saturated heterocycles. The van der Waals surface area contributed by atoms with E-state index in [-0.39, 0.29) is 12.4 Å². The Morgan fingerprint density at radius 2 is 1.52 bits per heavy atom. The van der Waals surface area contributed by atoms with Crippen LogP contribution in [-0.2, 0) is 13.2 Å². The van der Waals surface area contributed by atoms with Crippen LogP contribution in [0.1, 0.15) is 55.0 Å². The summed E-state index contributed by atoms with van der Waals surface area (Å²) in [6.07, 6.45) is 2.25. The van der Waals surface area contributed by atoms with Crippen molar-refractivity contribution in [1.82, 2.24) is 5.32 Å². The van der Waals surface area contributed by atoms with E-state index in [1.165, 1.54) is 16.7 Å². The van der Waals surface area contributed by atoms with Crippen LogP contribution in [0.5, 0.6) is 11.5 Å². The van der Waals surface area contributed by atoms with Gasteiger partial charge < -0.3 is 14.8 Å². The quantitative estimate of drug-likeness (QED) is 0.348. The first-order chi connectivity index (χ1) is 14.7. The summed E-state index contributed by atoms with van der Waals surface area (Å²) in [5.41, 5.74) is 4.93. The molecule has 3 rings (SSSR count). The summed E-state index contributed by atoms with van der Waals surface area (Å²) in [6, 6.07) is 25.7. The maximum Gasteiger partial charge on any atom is 0.161 e. The zero-order valence-corrected chi connectivity index (χ0v) is 19.6. The van der Waals surface area contributed by atoms with E-state index in [2.05, 4.69) is 85.9 Å². The maximum absolute atomic E-state index is 6.06. The lowest BCUT2D eigenvalue weighted by molar-refractivity contribution is 0.269. The van der Waals surface area contributed by atoms with Gasteiger partial charge in [-0.25, -0.2) is 0 Å². The Morgan fingerprint density at radius 3 is 2.19 bits per heavy atom. The van der Waals surface area contributed by atoms with E-state index in [4.69, 9.17) is 9.47 Å². The van der Waals surface area contributed by atoms with Gasteiger partial charge in [0, 0.05) is 12.6 Å². The molecule has 0 aliphatic carbocycles. The van der Waals surface area contributed by atoms with Crippen LogP contribution in [0.25, 0.3) is 0 Å². The molecular formula is C27H34ClNO2. The smallest absolute Gasteiger partial charge is 0.161 e. The molecule has 0 spiro atoms. The standard InChI is InChI=1S/C27H33NO2.ClH/c1-4-9-25(24-10-7-6-8-11-24)28-19-23-16-17-26(27(18-23)29-5-2)30-20-22-14-12-21(3)13-15-22;/h6-8,10-18,25,28H,4-5,9,19-20H2,1-3H3;1H. The predicted octanol–water partition coefficient (Wildman–Crippen LogP) is 7.03. The molecule has 1 atom stereocenters. The van der Waals surface area contributed by atoms with Gasteiger partial charge in [-0.2, -0.15) is 0 Å². The van der Waals surface area contributed by atoms with Crippen LogP contribution < -0.4 is 14.8 Å². The highest BCUT2D eigenvalue weighted by molar-refractivity contribution is 5.85. The van der Waals surface area contributed by atoms with Crippen LogP contribution in [0.3, 0.4) is 0 Å². The molecule has 0 bridgehead atoms. The molecule has 4 heteroatoms. The van der Waals surface area contributed by atoms with Crippen LogP contribution in [0.15, 0.2) is 72.8 Å². The summed E-state index contributed by atoms with van der Waals surface area (Å²) >= 11 is 0. The molecule has 31 heavy (non-hydrogen) atoms. The number of hydrogen-bond acceptors (Lipinski definition) is 3. The van der Waals surface area contributed by atoms with E-state index >= 15 is 0 Å². The SMILES string of the molecule is CCCC(NCc1ccc(OCc2ccc(C)cc2)c(OCC)c1)c1ccccc1.Cl. The van der Waals surface area contributed by atoms with Gasteiger partial charge in [-0.3, -0.25) is 0 Å². The normalized spacial score (nSPS) is 11.5. The molecule has 1 unspecified atom stereocenters. The molecule has 1 N–H and O–H groups in total. The lowest BCUT2D eigenvalue weighted by Gasteiger charge is -2.19. The average molecular weight is 440 g/mol. The van der Waals surface area contributed by atoms with Gasteiger partial charge in [0.25, 0.3) is 0 Å². The minimum Gasteiger partial charge on any atom is -0.490 e. The van der Waals surface area contributed by atoms with Gasteiger partial charge in [-0.15, -0.1) is 12.4 Å². The fourth-order valence-corrected chi connectivity index (χ4v) is 3.50. The number of rotatable bonds is 11. The van der Waals surface area contributed by atoms with Gasteiger partial charge in [-0.1, -0.05) is 79.6 Å². The molecule has 0 heterocycles. The third kappa shape index (κ3) is 7.61. The molecule has 0 amide bonds. The van der Waals surface area contributed by atoms with Gasteiger partial charge in [0.15, 0.2) is 11.5 Å². The molecule has 166 valence electrons. The minimum absolute atomic E-state index is 0. The Balaban J connectivity index is 0.00000341. The van der Waals surface area contributed by atoms with Crippen molar-refractivity contribution in [3.8, 4) is 11.5 Å². The van der Waals surface area contributed by atoms with Gasteiger partial charge in [0.2, 0.25) is 0 Å². The Bertz CT molecular complexity index is 897. The Morgan fingerprint density at radius 1 is 0.806 bits per heavy atom. The largest absolute Gasteiger partial charge is 0.490 e. The lowest BCUT2D eigenvalue weighted by Crippen LogP contribution is -2.20. The summed E-state index contributed by atoms with van der Waals surface area (Å²) in [4.78, 5) is 0. The second-order valence-electron chi connectivity index (χ2n) is 7.62. The van der Waals surface area contributed by atoms with Crippen molar-refractivity contribution >= 4 is 12.4 Å². The maximum atomic E-state index is 6.06. The van der Waals surface area contributed by atoms with Gasteiger partial charge in [-0.05, 0) is 49.1 Å². The second-order valence-corrected chi connectivity index (χ2v) is 7.62. The fraction of sp³-hybridized carbons (Fsp3) is 0.333.